The molecular weight excluding hydrogens is 208 g/mol. The first-order valence-electron chi connectivity index (χ1n) is 5.12. The summed E-state index contributed by atoms with van der Waals surface area (Å²) in [5.41, 5.74) is 10.4. The van der Waals surface area contributed by atoms with Gasteiger partial charge in [0.25, 0.3) is 0 Å². The number of nitrogens with two attached hydrogens (primary N) is 1. The average molecular weight is 219 g/mol. The number of nitrogens with zero attached hydrogens (tertiary/aromatic N) is 1. The maximum atomic E-state index is 6.14. The first-order chi connectivity index (χ1) is 7.25. The lowest BCUT2D eigenvalue weighted by Crippen LogP contribution is -1.98. The van der Waals surface area contributed by atoms with E-state index < -0.39 is 0 Å². The van der Waals surface area contributed by atoms with E-state index in [4.69, 9.17) is 17.3 Å². The molecule has 3 rings (SSSR count). The van der Waals surface area contributed by atoms with Gasteiger partial charge in [-0.05, 0) is 43.0 Å². The third-order valence-electron chi connectivity index (χ3n) is 3.02. The summed E-state index contributed by atoms with van der Waals surface area (Å²) < 4.78 is 0. The first kappa shape index (κ1) is 8.98. The Morgan fingerprint density at radius 1 is 1.27 bits per heavy atom. The van der Waals surface area contributed by atoms with Gasteiger partial charge in [0.05, 0.1) is 5.52 Å². The Morgan fingerprint density at radius 3 is 3.00 bits per heavy atom. The van der Waals surface area contributed by atoms with E-state index in [0.29, 0.717) is 5.02 Å². The number of benzene rings is 1. The van der Waals surface area contributed by atoms with Crippen LogP contribution in [0.4, 0.5) is 5.69 Å². The van der Waals surface area contributed by atoms with Gasteiger partial charge >= 0.3 is 0 Å². The zero-order valence-corrected chi connectivity index (χ0v) is 9.01. The van der Waals surface area contributed by atoms with Crippen LogP contribution in [-0.2, 0) is 12.8 Å². The molecule has 2 N–H and O–H groups in total. The Kier molecular flexibility index (Phi) is 1.86. The summed E-state index contributed by atoms with van der Waals surface area (Å²) in [6, 6.07) is 5.70. The van der Waals surface area contributed by atoms with Gasteiger partial charge in [0, 0.05) is 21.8 Å². The number of pyridine rings is 1. The molecule has 1 aromatic heterocycles. The van der Waals surface area contributed by atoms with Crippen LogP contribution in [0.5, 0.6) is 0 Å². The average Bonchev–Trinajstić information content (AvgIpc) is 2.68. The number of nitrogen functional groups attached to an aromatic ring is 1. The van der Waals surface area contributed by atoms with E-state index in [1.54, 1.807) is 0 Å². The van der Waals surface area contributed by atoms with Gasteiger partial charge in [-0.3, -0.25) is 4.98 Å². The SMILES string of the molecule is Nc1c2c(nc3ccc(Cl)cc13)CCC2. The van der Waals surface area contributed by atoms with Crippen molar-refractivity contribution in [3.05, 3.63) is 34.5 Å². The molecule has 0 amide bonds. The lowest BCUT2D eigenvalue weighted by molar-refractivity contribution is 0.901. The standard InChI is InChI=1S/C12H11ClN2/c13-7-4-5-11-9(6-7)12(14)8-2-1-3-10(8)15-11/h4-6H,1-3H2,(H2,14,15). The van der Waals surface area contributed by atoms with Crippen LogP contribution in [0.3, 0.4) is 0 Å². The molecule has 2 nitrogen and oxygen atoms in total. The van der Waals surface area contributed by atoms with Gasteiger partial charge in [-0.15, -0.1) is 0 Å². The molecule has 1 aliphatic carbocycles. The summed E-state index contributed by atoms with van der Waals surface area (Å²) in [4.78, 5) is 4.62. The molecular formula is C12H11ClN2. The van der Waals surface area contributed by atoms with Crippen LogP contribution in [0.15, 0.2) is 18.2 Å². The molecule has 3 heteroatoms. The van der Waals surface area contributed by atoms with Crippen molar-refractivity contribution in [2.45, 2.75) is 19.3 Å². The molecule has 1 aliphatic rings. The Morgan fingerprint density at radius 2 is 2.13 bits per heavy atom. The van der Waals surface area contributed by atoms with Gasteiger partial charge in [-0.25, -0.2) is 0 Å². The highest BCUT2D eigenvalue weighted by Gasteiger charge is 2.17. The van der Waals surface area contributed by atoms with Crippen LogP contribution in [-0.4, -0.2) is 4.98 Å². The molecule has 1 heterocycles. The first-order valence-corrected chi connectivity index (χ1v) is 5.50. The topological polar surface area (TPSA) is 38.9 Å². The Bertz CT molecular complexity index is 549. The molecule has 0 bridgehead atoms. The summed E-state index contributed by atoms with van der Waals surface area (Å²) in [6.07, 6.45) is 3.27. The minimum atomic E-state index is 0.717. The summed E-state index contributed by atoms with van der Waals surface area (Å²) in [5, 5.41) is 1.71. The van der Waals surface area contributed by atoms with Crippen LogP contribution in [0, 0.1) is 0 Å². The minimum absolute atomic E-state index is 0.717. The summed E-state index contributed by atoms with van der Waals surface area (Å²) in [7, 11) is 0. The summed E-state index contributed by atoms with van der Waals surface area (Å²) in [5.74, 6) is 0. The van der Waals surface area contributed by atoms with Gasteiger partial charge in [-0.1, -0.05) is 11.6 Å². The fourth-order valence-corrected chi connectivity index (χ4v) is 2.44. The number of aryl methyl sites for hydroxylation is 1. The van der Waals surface area contributed by atoms with Gasteiger partial charge in [-0.2, -0.15) is 0 Å². The van der Waals surface area contributed by atoms with Crippen molar-refractivity contribution < 1.29 is 0 Å². The second-order valence-corrected chi connectivity index (χ2v) is 4.40. The smallest absolute Gasteiger partial charge is 0.0727 e. The molecule has 0 saturated carbocycles. The fraction of sp³-hybridized carbons (Fsp3) is 0.250. The number of halogens is 1. The molecule has 0 atom stereocenters. The Labute approximate surface area is 93.1 Å². The predicted molar refractivity (Wildman–Crippen MR) is 63.2 cm³/mol. The van der Waals surface area contributed by atoms with E-state index in [9.17, 15) is 0 Å². The van der Waals surface area contributed by atoms with Gasteiger partial charge in [0.15, 0.2) is 0 Å². The largest absolute Gasteiger partial charge is 0.398 e. The van der Waals surface area contributed by atoms with Crippen molar-refractivity contribution in [2.75, 3.05) is 5.73 Å². The zero-order chi connectivity index (χ0) is 10.4. The van der Waals surface area contributed by atoms with Crippen LogP contribution in [0.2, 0.25) is 5.02 Å². The lowest BCUT2D eigenvalue weighted by atomic mass is 10.1. The third-order valence-corrected chi connectivity index (χ3v) is 3.25. The van der Waals surface area contributed by atoms with E-state index in [1.807, 2.05) is 18.2 Å². The van der Waals surface area contributed by atoms with E-state index in [2.05, 4.69) is 4.98 Å². The van der Waals surface area contributed by atoms with E-state index in [-0.39, 0.29) is 0 Å². The van der Waals surface area contributed by atoms with Crippen molar-refractivity contribution in [3.8, 4) is 0 Å². The number of fused-ring (bicyclic) bond motifs is 2. The van der Waals surface area contributed by atoms with E-state index in [1.165, 1.54) is 11.3 Å². The van der Waals surface area contributed by atoms with Crippen LogP contribution in [0.25, 0.3) is 10.9 Å². The quantitative estimate of drug-likeness (QED) is 0.739. The lowest BCUT2D eigenvalue weighted by Gasteiger charge is -2.08. The van der Waals surface area contributed by atoms with Crippen molar-refractivity contribution in [3.63, 3.8) is 0 Å². The Hall–Kier alpha value is -1.28. The maximum Gasteiger partial charge on any atom is 0.0727 e. The summed E-state index contributed by atoms with van der Waals surface area (Å²) >= 11 is 5.96. The second-order valence-electron chi connectivity index (χ2n) is 3.97. The summed E-state index contributed by atoms with van der Waals surface area (Å²) in [6.45, 7) is 0. The van der Waals surface area contributed by atoms with Gasteiger partial charge in [0.2, 0.25) is 0 Å². The molecule has 1 aromatic carbocycles. The normalized spacial score (nSPS) is 14.5. The highest BCUT2D eigenvalue weighted by atomic mass is 35.5. The van der Waals surface area contributed by atoms with Crippen molar-refractivity contribution in [1.82, 2.24) is 4.98 Å². The number of aromatic nitrogens is 1. The third kappa shape index (κ3) is 1.29. The van der Waals surface area contributed by atoms with Crippen LogP contribution in [0.1, 0.15) is 17.7 Å². The van der Waals surface area contributed by atoms with Crippen LogP contribution >= 0.6 is 11.6 Å². The Balaban J connectivity index is 2.41. The minimum Gasteiger partial charge on any atom is -0.398 e. The zero-order valence-electron chi connectivity index (χ0n) is 8.26. The van der Waals surface area contributed by atoms with Crippen molar-refractivity contribution >= 4 is 28.2 Å². The molecule has 0 unspecified atom stereocenters. The monoisotopic (exact) mass is 218 g/mol. The van der Waals surface area contributed by atoms with Gasteiger partial charge in [0.1, 0.15) is 0 Å². The number of hydrogen-bond donors (Lipinski definition) is 1. The van der Waals surface area contributed by atoms with Crippen LogP contribution < -0.4 is 5.73 Å². The number of anilines is 1. The fourth-order valence-electron chi connectivity index (χ4n) is 2.27. The highest BCUT2D eigenvalue weighted by Crippen LogP contribution is 2.32. The molecule has 0 fully saturated rings. The maximum absolute atomic E-state index is 6.14. The van der Waals surface area contributed by atoms with Crippen molar-refractivity contribution in [1.29, 1.82) is 0 Å². The molecule has 2 aromatic rings. The molecule has 0 radical (unpaired) electrons. The predicted octanol–water partition coefficient (Wildman–Crippen LogP) is 2.96. The molecule has 0 spiro atoms. The molecule has 0 aliphatic heterocycles. The second kappa shape index (κ2) is 3.11. The van der Waals surface area contributed by atoms with E-state index >= 15 is 0 Å². The molecule has 76 valence electrons. The molecule has 15 heavy (non-hydrogen) atoms. The molecule has 0 saturated heterocycles. The van der Waals surface area contributed by atoms with Crippen molar-refractivity contribution in [2.24, 2.45) is 0 Å². The van der Waals surface area contributed by atoms with E-state index in [0.717, 1.165) is 35.9 Å². The highest BCUT2D eigenvalue weighted by molar-refractivity contribution is 6.31. The number of hydrogen-bond acceptors (Lipinski definition) is 2. The number of rotatable bonds is 0. The van der Waals surface area contributed by atoms with Gasteiger partial charge < -0.3 is 5.73 Å².